The fourth-order valence-corrected chi connectivity index (χ4v) is 3.45. The summed E-state index contributed by atoms with van der Waals surface area (Å²) in [7, 11) is 0. The van der Waals surface area contributed by atoms with Gasteiger partial charge in [0.1, 0.15) is 28.3 Å². The van der Waals surface area contributed by atoms with Gasteiger partial charge in [0.05, 0.1) is 17.0 Å². The first-order chi connectivity index (χ1) is 14.2. The van der Waals surface area contributed by atoms with Crippen LogP contribution in [0.3, 0.4) is 0 Å². The van der Waals surface area contributed by atoms with Gasteiger partial charge in [-0.25, -0.2) is 4.98 Å². The van der Waals surface area contributed by atoms with Gasteiger partial charge < -0.3 is 15.2 Å². The number of hydrogen-bond acceptors (Lipinski definition) is 6. The highest BCUT2D eigenvalue weighted by Crippen LogP contribution is 2.30. The first-order valence-electron chi connectivity index (χ1n) is 8.89. The molecule has 0 saturated carbocycles. The zero-order valence-electron chi connectivity index (χ0n) is 15.8. The van der Waals surface area contributed by atoms with Crippen LogP contribution in [0.2, 0.25) is 0 Å². The average Bonchev–Trinajstić information content (AvgIpc) is 3.12. The molecule has 6 nitrogen and oxygen atoms in total. The monoisotopic (exact) mass is 437 g/mol. The van der Waals surface area contributed by atoms with Crippen molar-refractivity contribution >= 4 is 17.2 Å². The maximum Gasteiger partial charge on any atom is 0.416 e. The molecule has 1 atom stereocenters. The number of pyridine rings is 1. The van der Waals surface area contributed by atoms with Gasteiger partial charge in [-0.2, -0.15) is 13.2 Å². The maximum atomic E-state index is 12.5. The van der Waals surface area contributed by atoms with E-state index in [1.54, 1.807) is 25.3 Å². The van der Waals surface area contributed by atoms with E-state index in [9.17, 15) is 23.1 Å². The summed E-state index contributed by atoms with van der Waals surface area (Å²) < 4.78 is 42.9. The molecule has 0 radical (unpaired) electrons. The fourth-order valence-electron chi connectivity index (χ4n) is 2.49. The number of aliphatic hydroxyl groups is 1. The van der Waals surface area contributed by atoms with E-state index >= 15 is 0 Å². The molecule has 10 heteroatoms. The predicted molar refractivity (Wildman–Crippen MR) is 105 cm³/mol. The standard InChI is InChI=1S/C20H18F3N3O3S/c1-12-17(30-19(26-12)16-4-2-3-9-24-16)18(28)25-10-14(27)11-29-15-7-5-13(6-8-15)20(21,22)23/h2-9,14,27H,10-11H2,1H3,(H,25,28). The fraction of sp³-hybridized carbons (Fsp3) is 0.250. The van der Waals surface area contributed by atoms with Crippen molar-refractivity contribution < 1.29 is 27.8 Å². The second kappa shape index (κ2) is 9.23. The SMILES string of the molecule is Cc1nc(-c2ccccn2)sc1C(=O)NCC(O)COc1ccc(C(F)(F)F)cc1. The molecule has 0 spiro atoms. The molecule has 0 aliphatic heterocycles. The molecule has 2 heterocycles. The number of alkyl halides is 3. The van der Waals surface area contributed by atoms with E-state index in [0.29, 0.717) is 21.3 Å². The molecule has 1 unspecified atom stereocenters. The van der Waals surface area contributed by atoms with Crippen LogP contribution in [0, 0.1) is 6.92 Å². The molecule has 2 N–H and O–H groups in total. The molecule has 0 bridgehead atoms. The van der Waals surface area contributed by atoms with Gasteiger partial charge in [0, 0.05) is 12.7 Å². The number of aryl methyl sites for hydroxylation is 1. The zero-order valence-corrected chi connectivity index (χ0v) is 16.6. The minimum Gasteiger partial charge on any atom is -0.491 e. The number of aliphatic hydroxyl groups excluding tert-OH is 1. The van der Waals surface area contributed by atoms with Crippen LogP contribution >= 0.6 is 11.3 Å². The predicted octanol–water partition coefficient (Wildman–Crippen LogP) is 3.70. The van der Waals surface area contributed by atoms with E-state index in [-0.39, 0.29) is 24.8 Å². The molecule has 30 heavy (non-hydrogen) atoms. The van der Waals surface area contributed by atoms with E-state index in [2.05, 4.69) is 15.3 Å². The second-order valence-corrected chi connectivity index (χ2v) is 7.34. The smallest absolute Gasteiger partial charge is 0.416 e. The number of ether oxygens (including phenoxy) is 1. The maximum absolute atomic E-state index is 12.5. The third kappa shape index (κ3) is 5.55. The molecule has 3 rings (SSSR count). The van der Waals surface area contributed by atoms with Crippen LogP contribution in [0.15, 0.2) is 48.7 Å². The van der Waals surface area contributed by atoms with Crippen molar-refractivity contribution in [2.75, 3.05) is 13.2 Å². The number of aromatic nitrogens is 2. The molecule has 3 aromatic rings. The van der Waals surface area contributed by atoms with Crippen molar-refractivity contribution in [3.05, 3.63) is 64.8 Å². The van der Waals surface area contributed by atoms with Crippen molar-refractivity contribution in [1.29, 1.82) is 0 Å². The van der Waals surface area contributed by atoms with Crippen LogP contribution in [0.25, 0.3) is 10.7 Å². The first kappa shape index (κ1) is 21.7. The van der Waals surface area contributed by atoms with Crippen LogP contribution in [0.5, 0.6) is 5.75 Å². The number of carbonyl (C=O) groups is 1. The quantitative estimate of drug-likeness (QED) is 0.589. The highest BCUT2D eigenvalue weighted by Gasteiger charge is 2.30. The van der Waals surface area contributed by atoms with Gasteiger partial charge in [0.2, 0.25) is 0 Å². The third-order valence-corrected chi connectivity index (χ3v) is 5.19. The van der Waals surface area contributed by atoms with E-state index in [4.69, 9.17) is 4.74 Å². The lowest BCUT2D eigenvalue weighted by Gasteiger charge is -2.14. The van der Waals surface area contributed by atoms with Crippen molar-refractivity contribution in [3.8, 4) is 16.5 Å². The molecule has 1 amide bonds. The topological polar surface area (TPSA) is 84.3 Å². The molecule has 0 fully saturated rings. The van der Waals surface area contributed by atoms with Gasteiger partial charge in [-0.3, -0.25) is 9.78 Å². The summed E-state index contributed by atoms with van der Waals surface area (Å²) in [5, 5.41) is 13.2. The summed E-state index contributed by atoms with van der Waals surface area (Å²) in [5.74, 6) is -0.201. The van der Waals surface area contributed by atoms with Gasteiger partial charge >= 0.3 is 6.18 Å². The molecular weight excluding hydrogens is 419 g/mol. The molecule has 0 saturated heterocycles. The Morgan fingerprint density at radius 2 is 1.97 bits per heavy atom. The number of rotatable bonds is 7. The van der Waals surface area contributed by atoms with Crippen molar-refractivity contribution in [2.24, 2.45) is 0 Å². The van der Waals surface area contributed by atoms with Crippen LogP contribution in [-0.4, -0.2) is 40.2 Å². The number of nitrogens with zero attached hydrogens (tertiary/aromatic N) is 2. The highest BCUT2D eigenvalue weighted by atomic mass is 32.1. The van der Waals surface area contributed by atoms with E-state index in [1.165, 1.54) is 23.5 Å². The normalized spacial score (nSPS) is 12.4. The molecule has 2 aromatic heterocycles. The summed E-state index contributed by atoms with van der Waals surface area (Å²) in [4.78, 5) is 21.4. The van der Waals surface area contributed by atoms with Crippen LogP contribution in [-0.2, 0) is 6.18 Å². The molecule has 0 aliphatic carbocycles. The first-order valence-corrected chi connectivity index (χ1v) is 9.71. The molecule has 1 aromatic carbocycles. The highest BCUT2D eigenvalue weighted by molar-refractivity contribution is 7.17. The lowest BCUT2D eigenvalue weighted by molar-refractivity contribution is -0.137. The Labute approximate surface area is 174 Å². The lowest BCUT2D eigenvalue weighted by Crippen LogP contribution is -2.35. The molecular formula is C20H18F3N3O3S. The Kier molecular flexibility index (Phi) is 6.68. The Balaban J connectivity index is 1.51. The van der Waals surface area contributed by atoms with Gasteiger partial charge in [-0.1, -0.05) is 6.07 Å². The number of hydrogen-bond donors (Lipinski definition) is 2. The van der Waals surface area contributed by atoms with Crippen LogP contribution < -0.4 is 10.1 Å². The Bertz CT molecular complexity index is 992. The largest absolute Gasteiger partial charge is 0.491 e. The number of nitrogens with one attached hydrogen (secondary N) is 1. The number of thiazole rings is 1. The minimum absolute atomic E-state index is 0.0876. The summed E-state index contributed by atoms with van der Waals surface area (Å²) in [6.07, 6.45) is -3.83. The second-order valence-electron chi connectivity index (χ2n) is 6.35. The number of halogens is 3. The number of benzene rings is 1. The van der Waals surface area contributed by atoms with Crippen LogP contribution in [0.1, 0.15) is 20.9 Å². The molecule has 158 valence electrons. The summed E-state index contributed by atoms with van der Waals surface area (Å²) >= 11 is 1.20. The van der Waals surface area contributed by atoms with Crippen LogP contribution in [0.4, 0.5) is 13.2 Å². The van der Waals surface area contributed by atoms with Gasteiger partial charge in [0.25, 0.3) is 5.91 Å². The van der Waals surface area contributed by atoms with E-state index < -0.39 is 17.8 Å². The Hall–Kier alpha value is -2.98. The van der Waals surface area contributed by atoms with Crippen molar-refractivity contribution in [1.82, 2.24) is 15.3 Å². The van der Waals surface area contributed by atoms with E-state index in [0.717, 1.165) is 12.1 Å². The third-order valence-electron chi connectivity index (χ3n) is 4.01. The molecule has 0 aliphatic rings. The zero-order chi connectivity index (χ0) is 21.7. The minimum atomic E-state index is -4.42. The summed E-state index contributed by atoms with van der Waals surface area (Å²) in [6, 6.07) is 9.55. The van der Waals surface area contributed by atoms with Gasteiger partial charge in [-0.05, 0) is 43.3 Å². The van der Waals surface area contributed by atoms with E-state index in [1.807, 2.05) is 6.07 Å². The van der Waals surface area contributed by atoms with Gasteiger partial charge in [0.15, 0.2) is 0 Å². The average molecular weight is 437 g/mol. The lowest BCUT2D eigenvalue weighted by atomic mass is 10.2. The summed E-state index contributed by atoms with van der Waals surface area (Å²) in [5.41, 5.74) is 0.427. The number of carbonyl (C=O) groups excluding carboxylic acids is 1. The Morgan fingerprint density at radius 3 is 2.60 bits per heavy atom. The van der Waals surface area contributed by atoms with Crippen molar-refractivity contribution in [2.45, 2.75) is 19.2 Å². The Morgan fingerprint density at radius 1 is 1.23 bits per heavy atom. The van der Waals surface area contributed by atoms with Crippen molar-refractivity contribution in [3.63, 3.8) is 0 Å². The summed E-state index contributed by atoms with van der Waals surface area (Å²) in [6.45, 7) is 1.43. The number of amides is 1. The van der Waals surface area contributed by atoms with Gasteiger partial charge in [-0.15, -0.1) is 11.3 Å².